The van der Waals surface area contributed by atoms with Crippen LogP contribution in [0.25, 0.3) is 0 Å². The van der Waals surface area contributed by atoms with Gasteiger partial charge in [0.05, 0.1) is 0 Å². The second kappa shape index (κ2) is 6.41. The van der Waals surface area contributed by atoms with Crippen LogP contribution in [-0.4, -0.2) is 10.2 Å². The maximum absolute atomic E-state index is 9.72. The molecule has 0 aliphatic rings. The molecule has 2 nitrogen and oxygen atoms in total. The molecule has 0 aromatic heterocycles. The summed E-state index contributed by atoms with van der Waals surface area (Å²) in [7, 11) is 0. The molecular formula is C14H22O2. The number of aryl methyl sites for hydroxylation is 2. The predicted octanol–water partition coefficient (Wildman–Crippen LogP) is 3.78. The van der Waals surface area contributed by atoms with E-state index < -0.39 is 0 Å². The molecule has 0 bridgehead atoms. The Kier molecular flexibility index (Phi) is 5.17. The first kappa shape index (κ1) is 12.9. The minimum Gasteiger partial charge on any atom is -0.504 e. The number of rotatable bonds is 6. The Labute approximate surface area is 97.9 Å². The van der Waals surface area contributed by atoms with Gasteiger partial charge < -0.3 is 10.2 Å². The van der Waals surface area contributed by atoms with Crippen molar-refractivity contribution in [2.45, 2.75) is 52.4 Å². The molecule has 1 aromatic rings. The zero-order chi connectivity index (χ0) is 12.0. The minimum absolute atomic E-state index is 0.0275. The lowest BCUT2D eigenvalue weighted by atomic mass is 10.0. The van der Waals surface area contributed by atoms with Crippen molar-refractivity contribution in [2.75, 3.05) is 0 Å². The Hall–Kier alpha value is -1.18. The molecule has 1 rings (SSSR count). The molecule has 0 amide bonds. The summed E-state index contributed by atoms with van der Waals surface area (Å²) in [6.45, 7) is 4.27. The van der Waals surface area contributed by atoms with Crippen LogP contribution in [0.1, 0.15) is 50.7 Å². The highest BCUT2D eigenvalue weighted by Crippen LogP contribution is 2.32. The Morgan fingerprint density at radius 3 is 2.19 bits per heavy atom. The molecule has 0 unspecified atom stereocenters. The maximum Gasteiger partial charge on any atom is 0.160 e. The fourth-order valence-corrected chi connectivity index (χ4v) is 1.83. The first-order valence-electron chi connectivity index (χ1n) is 6.22. The smallest absolute Gasteiger partial charge is 0.160 e. The van der Waals surface area contributed by atoms with Gasteiger partial charge in [0.1, 0.15) is 0 Å². The highest BCUT2D eigenvalue weighted by Gasteiger charge is 2.08. The monoisotopic (exact) mass is 222 g/mol. The van der Waals surface area contributed by atoms with Crippen molar-refractivity contribution < 1.29 is 10.2 Å². The third kappa shape index (κ3) is 3.44. The number of hydrogen-bond acceptors (Lipinski definition) is 2. The molecule has 0 atom stereocenters. The average molecular weight is 222 g/mol. The van der Waals surface area contributed by atoms with Crippen LogP contribution >= 0.6 is 0 Å². The summed E-state index contributed by atoms with van der Waals surface area (Å²) < 4.78 is 0. The van der Waals surface area contributed by atoms with E-state index in [1.807, 2.05) is 6.07 Å². The zero-order valence-corrected chi connectivity index (χ0v) is 10.3. The van der Waals surface area contributed by atoms with E-state index in [-0.39, 0.29) is 11.5 Å². The van der Waals surface area contributed by atoms with E-state index in [4.69, 9.17) is 0 Å². The molecule has 0 fully saturated rings. The van der Waals surface area contributed by atoms with Gasteiger partial charge in [0.2, 0.25) is 0 Å². The fourth-order valence-electron chi connectivity index (χ4n) is 1.83. The summed E-state index contributed by atoms with van der Waals surface area (Å²) in [5, 5.41) is 19.4. The molecule has 1 aromatic carbocycles. The Morgan fingerprint density at radius 2 is 1.56 bits per heavy atom. The molecule has 0 aliphatic heterocycles. The molecule has 16 heavy (non-hydrogen) atoms. The molecule has 0 saturated heterocycles. The molecule has 2 heteroatoms. The van der Waals surface area contributed by atoms with Gasteiger partial charge in [-0.1, -0.05) is 32.8 Å². The van der Waals surface area contributed by atoms with E-state index >= 15 is 0 Å². The fraction of sp³-hybridized carbons (Fsp3) is 0.571. The number of benzene rings is 1. The molecule has 0 radical (unpaired) electrons. The van der Waals surface area contributed by atoms with Gasteiger partial charge in [0, 0.05) is 0 Å². The van der Waals surface area contributed by atoms with Crippen LogP contribution in [0.15, 0.2) is 12.1 Å². The lowest BCUT2D eigenvalue weighted by molar-refractivity contribution is 0.398. The predicted molar refractivity (Wildman–Crippen MR) is 67.0 cm³/mol. The van der Waals surface area contributed by atoms with Crippen molar-refractivity contribution in [1.82, 2.24) is 0 Å². The average Bonchev–Trinajstić information content (AvgIpc) is 2.28. The molecule has 0 heterocycles. The van der Waals surface area contributed by atoms with Gasteiger partial charge in [-0.2, -0.15) is 0 Å². The first-order valence-corrected chi connectivity index (χ1v) is 6.22. The summed E-state index contributed by atoms with van der Waals surface area (Å²) in [5.41, 5.74) is 2.01. The van der Waals surface area contributed by atoms with Crippen molar-refractivity contribution in [3.63, 3.8) is 0 Å². The van der Waals surface area contributed by atoms with Gasteiger partial charge in [-0.3, -0.25) is 0 Å². The van der Waals surface area contributed by atoms with Crippen molar-refractivity contribution in [1.29, 1.82) is 0 Å². The van der Waals surface area contributed by atoms with Gasteiger partial charge >= 0.3 is 0 Å². The number of phenolic OH excluding ortho intramolecular Hbond substituents is 2. The molecule has 90 valence electrons. The van der Waals surface area contributed by atoms with Crippen LogP contribution in [0.5, 0.6) is 11.5 Å². The summed E-state index contributed by atoms with van der Waals surface area (Å²) in [4.78, 5) is 0. The topological polar surface area (TPSA) is 40.5 Å². The molecule has 0 spiro atoms. The normalized spacial score (nSPS) is 10.6. The Balaban J connectivity index is 2.83. The van der Waals surface area contributed by atoms with Gasteiger partial charge in [-0.15, -0.1) is 0 Å². The second-order valence-corrected chi connectivity index (χ2v) is 4.33. The first-order chi connectivity index (χ1) is 7.69. The summed E-state index contributed by atoms with van der Waals surface area (Å²) in [6, 6.07) is 3.71. The Bertz CT molecular complexity index is 332. The van der Waals surface area contributed by atoms with E-state index in [1.54, 1.807) is 6.07 Å². The van der Waals surface area contributed by atoms with E-state index in [0.717, 1.165) is 49.7 Å². The van der Waals surface area contributed by atoms with E-state index in [1.165, 1.54) is 0 Å². The van der Waals surface area contributed by atoms with Crippen molar-refractivity contribution in [3.8, 4) is 11.5 Å². The number of aromatic hydroxyl groups is 2. The molecule has 0 saturated carbocycles. The van der Waals surface area contributed by atoms with Crippen LogP contribution in [0, 0.1) is 0 Å². The van der Waals surface area contributed by atoms with Crippen LogP contribution in [0.4, 0.5) is 0 Å². The van der Waals surface area contributed by atoms with Gasteiger partial charge in [-0.25, -0.2) is 0 Å². The third-order valence-electron chi connectivity index (χ3n) is 2.85. The van der Waals surface area contributed by atoms with Crippen LogP contribution in [0.3, 0.4) is 0 Å². The molecule has 0 aliphatic carbocycles. The molecular weight excluding hydrogens is 200 g/mol. The van der Waals surface area contributed by atoms with Gasteiger partial charge in [0.15, 0.2) is 11.5 Å². The van der Waals surface area contributed by atoms with Crippen LogP contribution < -0.4 is 0 Å². The van der Waals surface area contributed by atoms with E-state index in [2.05, 4.69) is 13.8 Å². The summed E-state index contributed by atoms with van der Waals surface area (Å²) in [5.74, 6) is 0.0911. The van der Waals surface area contributed by atoms with Gasteiger partial charge in [0.25, 0.3) is 0 Å². The van der Waals surface area contributed by atoms with Crippen molar-refractivity contribution >= 4 is 0 Å². The summed E-state index contributed by atoms with van der Waals surface area (Å²) in [6.07, 6.45) is 6.23. The van der Waals surface area contributed by atoms with Crippen molar-refractivity contribution in [2.24, 2.45) is 0 Å². The number of unbranched alkanes of at least 4 members (excludes halogenated alkanes) is 2. The maximum atomic E-state index is 9.72. The molecule has 2 N–H and O–H groups in total. The van der Waals surface area contributed by atoms with E-state index in [9.17, 15) is 10.2 Å². The lowest BCUT2D eigenvalue weighted by Crippen LogP contribution is -1.91. The highest BCUT2D eigenvalue weighted by molar-refractivity contribution is 5.47. The van der Waals surface area contributed by atoms with Crippen molar-refractivity contribution in [3.05, 3.63) is 23.3 Å². The lowest BCUT2D eigenvalue weighted by Gasteiger charge is -2.09. The zero-order valence-electron chi connectivity index (χ0n) is 10.3. The SMILES string of the molecule is CCCCc1cc(O)c(O)c(CCCC)c1. The van der Waals surface area contributed by atoms with Crippen LogP contribution in [0.2, 0.25) is 0 Å². The standard InChI is InChI=1S/C14H22O2/c1-3-5-7-11-9-12(8-6-4-2)14(16)13(15)10-11/h9-10,15-16H,3-8H2,1-2H3. The number of phenols is 2. The second-order valence-electron chi connectivity index (χ2n) is 4.33. The third-order valence-corrected chi connectivity index (χ3v) is 2.85. The largest absolute Gasteiger partial charge is 0.504 e. The van der Waals surface area contributed by atoms with Gasteiger partial charge in [-0.05, 0) is 42.9 Å². The number of hydrogen-bond donors (Lipinski definition) is 2. The van der Waals surface area contributed by atoms with E-state index in [0.29, 0.717) is 0 Å². The minimum atomic E-state index is 0.0275. The quantitative estimate of drug-likeness (QED) is 0.719. The van der Waals surface area contributed by atoms with Crippen LogP contribution in [-0.2, 0) is 12.8 Å². The highest BCUT2D eigenvalue weighted by atomic mass is 16.3. The Morgan fingerprint density at radius 1 is 0.938 bits per heavy atom. The summed E-state index contributed by atoms with van der Waals surface area (Å²) >= 11 is 0.